The van der Waals surface area contributed by atoms with Crippen LogP contribution in [-0.2, 0) is 13.0 Å². The number of piperazine rings is 1. The molecule has 0 amide bonds. The summed E-state index contributed by atoms with van der Waals surface area (Å²) in [6.45, 7) is 10.3. The number of hydrogen-bond donors (Lipinski definition) is 1. The summed E-state index contributed by atoms with van der Waals surface area (Å²) in [7, 11) is 0. The predicted octanol–water partition coefficient (Wildman–Crippen LogP) is 1.68. The third-order valence-corrected chi connectivity index (χ3v) is 4.50. The van der Waals surface area contributed by atoms with E-state index in [1.54, 1.807) is 5.56 Å². The first kappa shape index (κ1) is 13.1. The molecule has 1 N–H and O–H groups in total. The maximum atomic E-state index is 3.56. The zero-order chi connectivity index (χ0) is 13.2. The van der Waals surface area contributed by atoms with Crippen LogP contribution in [0, 0.1) is 0 Å². The first-order chi connectivity index (χ1) is 9.25. The van der Waals surface area contributed by atoms with E-state index >= 15 is 0 Å². The van der Waals surface area contributed by atoms with Crippen LogP contribution in [0.25, 0.3) is 0 Å². The van der Waals surface area contributed by atoms with Crippen molar-refractivity contribution in [2.75, 3.05) is 26.2 Å². The Morgan fingerprint density at radius 1 is 1.16 bits per heavy atom. The van der Waals surface area contributed by atoms with Crippen molar-refractivity contribution in [1.29, 1.82) is 0 Å². The van der Waals surface area contributed by atoms with Crippen molar-refractivity contribution < 1.29 is 0 Å². The first-order valence-corrected chi connectivity index (χ1v) is 7.53. The molecule has 3 rings (SSSR count). The molecule has 1 aromatic carbocycles. The third-order valence-electron chi connectivity index (χ3n) is 4.50. The van der Waals surface area contributed by atoms with Gasteiger partial charge in [0.2, 0.25) is 0 Å². The molecule has 1 saturated heterocycles. The van der Waals surface area contributed by atoms with Gasteiger partial charge in [-0.15, -0.1) is 0 Å². The number of hydrogen-bond acceptors (Lipinski definition) is 3. The first-order valence-electron chi connectivity index (χ1n) is 7.53. The van der Waals surface area contributed by atoms with Gasteiger partial charge in [0.25, 0.3) is 0 Å². The zero-order valence-corrected chi connectivity index (χ0v) is 12.1. The summed E-state index contributed by atoms with van der Waals surface area (Å²) in [5.74, 6) is 0. The normalized spacial score (nSPS) is 25.5. The highest BCUT2D eigenvalue weighted by atomic mass is 15.4. The highest BCUT2D eigenvalue weighted by molar-refractivity contribution is 5.29. The number of nitrogens with one attached hydrogen (secondary N) is 1. The van der Waals surface area contributed by atoms with Crippen LogP contribution in [0.4, 0.5) is 0 Å². The van der Waals surface area contributed by atoms with E-state index in [1.807, 2.05) is 0 Å². The molecule has 2 heterocycles. The van der Waals surface area contributed by atoms with Gasteiger partial charge in [-0.25, -0.2) is 0 Å². The molecule has 1 aromatic rings. The lowest BCUT2D eigenvalue weighted by molar-refractivity contribution is -0.00388. The van der Waals surface area contributed by atoms with E-state index in [4.69, 9.17) is 0 Å². The molecule has 1 fully saturated rings. The van der Waals surface area contributed by atoms with Crippen LogP contribution in [0.2, 0.25) is 0 Å². The number of fused-ring (bicyclic) bond motifs is 1. The van der Waals surface area contributed by atoms with Crippen molar-refractivity contribution in [1.82, 2.24) is 15.1 Å². The Kier molecular flexibility index (Phi) is 3.87. The molecular weight excluding hydrogens is 234 g/mol. The van der Waals surface area contributed by atoms with E-state index in [9.17, 15) is 0 Å². The number of benzene rings is 1. The molecule has 1 atom stereocenters. The summed E-state index contributed by atoms with van der Waals surface area (Å²) in [5.41, 5.74) is 3.06. The van der Waals surface area contributed by atoms with Gasteiger partial charge in [-0.1, -0.05) is 24.3 Å². The molecule has 104 valence electrons. The van der Waals surface area contributed by atoms with Gasteiger partial charge in [-0.3, -0.25) is 9.80 Å². The molecule has 0 spiro atoms. The summed E-state index contributed by atoms with van der Waals surface area (Å²) in [5, 5.41) is 3.56. The topological polar surface area (TPSA) is 18.5 Å². The third kappa shape index (κ3) is 2.69. The van der Waals surface area contributed by atoms with Gasteiger partial charge in [0.05, 0.1) is 6.17 Å². The van der Waals surface area contributed by atoms with Crippen molar-refractivity contribution in [2.45, 2.75) is 39.0 Å². The van der Waals surface area contributed by atoms with E-state index in [0.717, 1.165) is 19.6 Å². The van der Waals surface area contributed by atoms with Crippen LogP contribution in [0.1, 0.15) is 25.0 Å². The maximum Gasteiger partial charge on any atom is 0.0756 e. The van der Waals surface area contributed by atoms with Gasteiger partial charge >= 0.3 is 0 Å². The Morgan fingerprint density at radius 2 is 1.95 bits per heavy atom. The minimum Gasteiger partial charge on any atom is -0.313 e. The molecule has 0 aromatic heterocycles. The van der Waals surface area contributed by atoms with Crippen molar-refractivity contribution in [3.8, 4) is 0 Å². The van der Waals surface area contributed by atoms with Crippen molar-refractivity contribution >= 4 is 0 Å². The second-order valence-electron chi connectivity index (χ2n) is 6.01. The lowest BCUT2D eigenvalue weighted by atomic mass is 9.99. The molecule has 0 radical (unpaired) electrons. The molecule has 19 heavy (non-hydrogen) atoms. The zero-order valence-electron chi connectivity index (χ0n) is 12.1. The van der Waals surface area contributed by atoms with Gasteiger partial charge in [-0.05, 0) is 31.4 Å². The predicted molar refractivity (Wildman–Crippen MR) is 79.1 cm³/mol. The van der Waals surface area contributed by atoms with Gasteiger partial charge in [0.1, 0.15) is 0 Å². The lowest BCUT2D eigenvalue weighted by Gasteiger charge is -2.46. The van der Waals surface area contributed by atoms with Crippen molar-refractivity contribution in [3.05, 3.63) is 35.4 Å². The lowest BCUT2D eigenvalue weighted by Crippen LogP contribution is -2.61. The standard InChI is InChI=1S/C16H25N3/c1-13(2)19-10-8-17-11-16(19)18-9-7-14-5-3-4-6-15(14)12-18/h3-6,13,16-17H,7-12H2,1-2H3. The largest absolute Gasteiger partial charge is 0.313 e. The summed E-state index contributed by atoms with van der Waals surface area (Å²) in [6.07, 6.45) is 1.75. The smallest absolute Gasteiger partial charge is 0.0756 e. The summed E-state index contributed by atoms with van der Waals surface area (Å²) in [6, 6.07) is 9.53. The van der Waals surface area contributed by atoms with E-state index in [2.05, 4.69) is 53.2 Å². The van der Waals surface area contributed by atoms with Gasteiger partial charge in [0.15, 0.2) is 0 Å². The minimum atomic E-state index is 0.558. The average molecular weight is 259 g/mol. The van der Waals surface area contributed by atoms with Gasteiger partial charge in [0, 0.05) is 38.8 Å². The number of nitrogens with zero attached hydrogens (tertiary/aromatic N) is 2. The van der Waals surface area contributed by atoms with Gasteiger partial charge < -0.3 is 5.32 Å². The molecule has 2 aliphatic rings. The van der Waals surface area contributed by atoms with Crippen molar-refractivity contribution in [2.24, 2.45) is 0 Å². The average Bonchev–Trinajstić information content (AvgIpc) is 2.46. The molecule has 0 saturated carbocycles. The number of rotatable bonds is 2. The van der Waals surface area contributed by atoms with Gasteiger partial charge in [-0.2, -0.15) is 0 Å². The Bertz CT molecular complexity index is 430. The quantitative estimate of drug-likeness (QED) is 0.872. The highest BCUT2D eigenvalue weighted by Gasteiger charge is 2.31. The van der Waals surface area contributed by atoms with Crippen LogP contribution < -0.4 is 5.32 Å². The second-order valence-corrected chi connectivity index (χ2v) is 6.01. The van der Waals surface area contributed by atoms with Crippen molar-refractivity contribution in [3.63, 3.8) is 0 Å². The summed E-state index contributed by atoms with van der Waals surface area (Å²) < 4.78 is 0. The Balaban J connectivity index is 1.76. The Morgan fingerprint density at radius 3 is 2.74 bits per heavy atom. The van der Waals surface area contributed by atoms with Crippen LogP contribution >= 0.6 is 0 Å². The molecule has 3 heteroatoms. The van der Waals surface area contributed by atoms with Crippen LogP contribution in [-0.4, -0.2) is 48.2 Å². The monoisotopic (exact) mass is 259 g/mol. The fourth-order valence-electron chi connectivity index (χ4n) is 3.42. The SMILES string of the molecule is CC(C)N1CCNCC1N1CCc2ccccc2C1. The molecule has 0 bridgehead atoms. The van der Waals surface area contributed by atoms with E-state index in [1.165, 1.54) is 25.1 Å². The minimum absolute atomic E-state index is 0.558. The summed E-state index contributed by atoms with van der Waals surface area (Å²) in [4.78, 5) is 5.29. The highest BCUT2D eigenvalue weighted by Crippen LogP contribution is 2.23. The van der Waals surface area contributed by atoms with E-state index in [-0.39, 0.29) is 0 Å². The molecule has 0 aliphatic carbocycles. The molecule has 3 nitrogen and oxygen atoms in total. The van der Waals surface area contributed by atoms with Crippen LogP contribution in [0.3, 0.4) is 0 Å². The molecule has 1 unspecified atom stereocenters. The fraction of sp³-hybridized carbons (Fsp3) is 0.625. The Hall–Kier alpha value is -0.900. The fourth-order valence-corrected chi connectivity index (χ4v) is 3.42. The maximum absolute atomic E-state index is 3.56. The molecular formula is C16H25N3. The van der Waals surface area contributed by atoms with Crippen LogP contribution in [0.5, 0.6) is 0 Å². The second kappa shape index (κ2) is 5.61. The van der Waals surface area contributed by atoms with E-state index in [0.29, 0.717) is 12.2 Å². The van der Waals surface area contributed by atoms with Crippen LogP contribution in [0.15, 0.2) is 24.3 Å². The van der Waals surface area contributed by atoms with E-state index < -0.39 is 0 Å². The molecule has 2 aliphatic heterocycles. The Labute approximate surface area is 116 Å². The summed E-state index contributed by atoms with van der Waals surface area (Å²) >= 11 is 0.